The first-order chi connectivity index (χ1) is 6.33. The maximum Gasteiger partial charge on any atom is 0.0898 e. The number of hydrogen-bond donors (Lipinski definition) is 0. The van der Waals surface area contributed by atoms with E-state index >= 15 is 0 Å². The fourth-order valence-electron chi connectivity index (χ4n) is 4.32. The number of rotatable bonds is 0. The van der Waals surface area contributed by atoms with Gasteiger partial charge in [-0.2, -0.15) is 0 Å². The predicted molar refractivity (Wildman–Crippen MR) is 54.5 cm³/mol. The van der Waals surface area contributed by atoms with Gasteiger partial charge in [0, 0.05) is 12.8 Å². The minimum atomic E-state index is 0.850. The lowest BCUT2D eigenvalue weighted by atomic mass is 9.67. The van der Waals surface area contributed by atoms with Gasteiger partial charge in [0.15, 0.2) is 0 Å². The van der Waals surface area contributed by atoms with Crippen LogP contribution in [0.5, 0.6) is 0 Å². The monoisotopic (exact) mass is 180 g/mol. The maximum atomic E-state index is 1.56. The van der Waals surface area contributed by atoms with Crippen LogP contribution in [0.1, 0.15) is 44.9 Å². The second-order valence-electron chi connectivity index (χ2n) is 5.87. The molecule has 1 heteroatoms. The second-order valence-corrected chi connectivity index (χ2v) is 5.87. The highest BCUT2D eigenvalue weighted by atomic mass is 15.4. The summed E-state index contributed by atoms with van der Waals surface area (Å²) in [6.45, 7) is 6.16. The van der Waals surface area contributed by atoms with Gasteiger partial charge in [0.05, 0.1) is 31.6 Å². The van der Waals surface area contributed by atoms with E-state index < -0.39 is 0 Å². The van der Waals surface area contributed by atoms with Gasteiger partial charge in [0.1, 0.15) is 0 Å². The molecule has 2 spiro atoms. The van der Waals surface area contributed by atoms with Crippen LogP contribution in [0.25, 0.3) is 0 Å². The van der Waals surface area contributed by atoms with Gasteiger partial charge in [-0.05, 0) is 12.8 Å². The lowest BCUT2D eigenvalue weighted by Crippen LogP contribution is -2.68. The van der Waals surface area contributed by atoms with Gasteiger partial charge < -0.3 is 4.48 Å². The minimum Gasteiger partial charge on any atom is -0.322 e. The molecule has 0 bridgehead atoms. The third-order valence-electron chi connectivity index (χ3n) is 4.77. The van der Waals surface area contributed by atoms with Gasteiger partial charge in [-0.15, -0.1) is 0 Å². The normalized spacial score (nSPS) is 35.1. The summed E-state index contributed by atoms with van der Waals surface area (Å²) in [6.07, 6.45) is 10.7. The summed E-state index contributed by atoms with van der Waals surface area (Å²) in [7, 11) is 0. The zero-order chi connectivity index (χ0) is 8.78. The van der Waals surface area contributed by atoms with Gasteiger partial charge >= 0.3 is 0 Å². The fraction of sp³-hybridized carbons (Fsp3) is 1.00. The van der Waals surface area contributed by atoms with Gasteiger partial charge in [-0.25, -0.2) is 0 Å². The van der Waals surface area contributed by atoms with Crippen molar-refractivity contribution in [2.24, 2.45) is 5.41 Å². The molecule has 0 atom stereocenters. The molecule has 0 N–H and O–H groups in total. The molecule has 3 aliphatic rings. The predicted octanol–water partition coefficient (Wildman–Crippen LogP) is 2.56. The topological polar surface area (TPSA) is 0 Å². The zero-order valence-electron chi connectivity index (χ0n) is 8.73. The van der Waals surface area contributed by atoms with Gasteiger partial charge in [-0.3, -0.25) is 0 Å². The Morgan fingerprint density at radius 3 is 1.92 bits per heavy atom. The summed E-state index contributed by atoms with van der Waals surface area (Å²) in [4.78, 5) is 0. The van der Waals surface area contributed by atoms with E-state index in [1.807, 2.05) is 0 Å². The Bertz CT molecular complexity index is 187. The molecule has 3 fully saturated rings. The van der Waals surface area contributed by atoms with Crippen LogP contribution in [0.2, 0.25) is 0 Å². The molecule has 2 heterocycles. The first-order valence-corrected chi connectivity index (χ1v) is 6.18. The molecule has 13 heavy (non-hydrogen) atoms. The van der Waals surface area contributed by atoms with Gasteiger partial charge in [0.25, 0.3) is 0 Å². The third kappa shape index (κ3) is 1.24. The van der Waals surface area contributed by atoms with Crippen molar-refractivity contribution in [1.82, 2.24) is 0 Å². The molecular formula is C12H22N+. The number of nitrogens with zero attached hydrogens (tertiary/aromatic N) is 1. The molecule has 2 aliphatic heterocycles. The Morgan fingerprint density at radius 1 is 0.692 bits per heavy atom. The summed E-state index contributed by atoms with van der Waals surface area (Å²) in [5.74, 6) is 0. The van der Waals surface area contributed by atoms with E-state index in [1.54, 1.807) is 25.9 Å². The van der Waals surface area contributed by atoms with Crippen LogP contribution in [0.15, 0.2) is 0 Å². The molecule has 2 saturated heterocycles. The molecule has 0 amide bonds. The van der Waals surface area contributed by atoms with Crippen molar-refractivity contribution in [2.45, 2.75) is 44.9 Å². The van der Waals surface area contributed by atoms with Crippen molar-refractivity contribution in [3.63, 3.8) is 0 Å². The number of hydrogen-bond acceptors (Lipinski definition) is 0. The van der Waals surface area contributed by atoms with Gasteiger partial charge in [0.2, 0.25) is 0 Å². The van der Waals surface area contributed by atoms with Crippen LogP contribution in [-0.2, 0) is 0 Å². The van der Waals surface area contributed by atoms with Crippen molar-refractivity contribution in [3.05, 3.63) is 0 Å². The summed E-state index contributed by atoms with van der Waals surface area (Å²) in [6, 6.07) is 0. The van der Waals surface area contributed by atoms with Crippen LogP contribution in [0.4, 0.5) is 0 Å². The smallest absolute Gasteiger partial charge is 0.0898 e. The highest BCUT2D eigenvalue weighted by Gasteiger charge is 2.56. The highest BCUT2D eigenvalue weighted by molar-refractivity contribution is 4.90. The van der Waals surface area contributed by atoms with Crippen LogP contribution < -0.4 is 0 Å². The van der Waals surface area contributed by atoms with E-state index in [0.29, 0.717) is 0 Å². The van der Waals surface area contributed by atoms with Crippen molar-refractivity contribution >= 4 is 0 Å². The van der Waals surface area contributed by atoms with Crippen molar-refractivity contribution in [1.29, 1.82) is 0 Å². The van der Waals surface area contributed by atoms with E-state index in [4.69, 9.17) is 0 Å². The molecule has 1 aliphatic carbocycles. The molecule has 3 rings (SSSR count). The van der Waals surface area contributed by atoms with E-state index in [0.717, 1.165) is 5.41 Å². The first-order valence-electron chi connectivity index (χ1n) is 6.18. The van der Waals surface area contributed by atoms with Gasteiger partial charge in [-0.1, -0.05) is 19.3 Å². The average molecular weight is 180 g/mol. The largest absolute Gasteiger partial charge is 0.322 e. The van der Waals surface area contributed by atoms with Crippen LogP contribution in [0, 0.1) is 5.41 Å². The molecule has 74 valence electrons. The second kappa shape index (κ2) is 2.73. The summed E-state index contributed by atoms with van der Waals surface area (Å²) < 4.78 is 1.53. The highest BCUT2D eigenvalue weighted by Crippen LogP contribution is 2.49. The van der Waals surface area contributed by atoms with Crippen molar-refractivity contribution < 1.29 is 4.48 Å². The van der Waals surface area contributed by atoms with E-state index in [9.17, 15) is 0 Å². The molecule has 1 saturated carbocycles. The van der Waals surface area contributed by atoms with E-state index in [1.165, 1.54) is 49.7 Å². The number of quaternary nitrogens is 1. The lowest BCUT2D eigenvalue weighted by molar-refractivity contribution is -0.974. The summed E-state index contributed by atoms with van der Waals surface area (Å²) in [5.41, 5.74) is 0.850. The van der Waals surface area contributed by atoms with Crippen LogP contribution in [0.3, 0.4) is 0 Å². The third-order valence-corrected chi connectivity index (χ3v) is 4.77. The molecule has 1 nitrogen and oxygen atoms in total. The maximum absolute atomic E-state index is 1.56. The SMILES string of the molecule is C1CCC2(CC1)C[N+]1(CCCC1)C2. The van der Waals surface area contributed by atoms with E-state index in [2.05, 4.69) is 0 Å². The Kier molecular flexibility index (Phi) is 1.74. The van der Waals surface area contributed by atoms with Crippen molar-refractivity contribution in [2.75, 3.05) is 26.2 Å². The molecule has 0 aromatic carbocycles. The fourth-order valence-corrected chi connectivity index (χ4v) is 4.32. The summed E-state index contributed by atoms with van der Waals surface area (Å²) in [5, 5.41) is 0. The van der Waals surface area contributed by atoms with E-state index in [-0.39, 0.29) is 0 Å². The Balaban J connectivity index is 1.65. The minimum absolute atomic E-state index is 0.850. The average Bonchev–Trinajstić information content (AvgIpc) is 2.54. The quantitative estimate of drug-likeness (QED) is 0.503. The Hall–Kier alpha value is -0.0400. The summed E-state index contributed by atoms with van der Waals surface area (Å²) >= 11 is 0. The first kappa shape index (κ1) is 8.28. The van der Waals surface area contributed by atoms with Crippen LogP contribution >= 0.6 is 0 Å². The standard InChI is InChI=1S/C12H22N/c1-2-6-12(7-3-1)10-13(11-12)8-4-5-9-13/h1-11H2/q+1. The molecule has 0 unspecified atom stereocenters. The zero-order valence-corrected chi connectivity index (χ0v) is 8.73. The lowest BCUT2D eigenvalue weighted by Gasteiger charge is -2.57. The molecule has 0 radical (unpaired) electrons. The molecular weight excluding hydrogens is 158 g/mol. The molecule has 0 aromatic heterocycles. The van der Waals surface area contributed by atoms with Crippen molar-refractivity contribution in [3.8, 4) is 0 Å². The molecule has 0 aromatic rings. The Labute approximate surface area is 81.7 Å². The Morgan fingerprint density at radius 2 is 1.31 bits per heavy atom. The van der Waals surface area contributed by atoms with Crippen LogP contribution in [-0.4, -0.2) is 30.7 Å².